The average molecular weight is 392 g/mol. The maximum Gasteiger partial charge on any atom is 0.238 e. The fourth-order valence-electron chi connectivity index (χ4n) is 2.43. The standard InChI is InChI=1S/C16H21N3O2S.2ClH/c1-19(2)11-13-9-15(17)14(16(10-13)22(18,20)21)8-12-6-4-3-5-7-12;;/h3-7,9-10H,8,11,17H2,1-2H3,(H2,18,20,21);2*1H. The van der Waals surface area contributed by atoms with Crippen LogP contribution in [0.1, 0.15) is 16.7 Å². The highest BCUT2D eigenvalue weighted by atomic mass is 35.5. The number of primary sulfonamides is 1. The summed E-state index contributed by atoms with van der Waals surface area (Å²) in [4.78, 5) is 2.05. The Hall–Kier alpha value is -1.31. The first-order valence-corrected chi connectivity index (χ1v) is 8.44. The Morgan fingerprint density at radius 1 is 1.00 bits per heavy atom. The number of hydrogen-bond donors (Lipinski definition) is 2. The molecule has 5 nitrogen and oxygen atoms in total. The van der Waals surface area contributed by atoms with Crippen LogP contribution in [0.3, 0.4) is 0 Å². The second kappa shape index (κ2) is 9.25. The van der Waals surface area contributed by atoms with Crippen molar-refractivity contribution < 1.29 is 8.42 Å². The van der Waals surface area contributed by atoms with Gasteiger partial charge in [0.25, 0.3) is 0 Å². The quantitative estimate of drug-likeness (QED) is 0.765. The summed E-state index contributed by atoms with van der Waals surface area (Å²) in [6.45, 7) is 0.596. The van der Waals surface area contributed by atoms with E-state index in [-0.39, 0.29) is 29.7 Å². The van der Waals surface area contributed by atoms with E-state index >= 15 is 0 Å². The first kappa shape index (κ1) is 22.7. The first-order valence-electron chi connectivity index (χ1n) is 6.90. The highest BCUT2D eigenvalue weighted by Gasteiger charge is 2.18. The molecule has 0 aliphatic rings. The summed E-state index contributed by atoms with van der Waals surface area (Å²) >= 11 is 0. The van der Waals surface area contributed by atoms with Crippen molar-refractivity contribution in [3.05, 3.63) is 59.2 Å². The van der Waals surface area contributed by atoms with Gasteiger partial charge in [0.2, 0.25) is 10.0 Å². The van der Waals surface area contributed by atoms with Crippen molar-refractivity contribution in [1.82, 2.24) is 4.90 Å². The van der Waals surface area contributed by atoms with Gasteiger partial charge >= 0.3 is 0 Å². The normalized spacial score (nSPS) is 10.8. The molecule has 2 rings (SSSR count). The van der Waals surface area contributed by atoms with Crippen LogP contribution >= 0.6 is 24.8 Å². The van der Waals surface area contributed by atoms with Gasteiger partial charge in [-0.3, -0.25) is 0 Å². The van der Waals surface area contributed by atoms with E-state index in [0.717, 1.165) is 11.1 Å². The molecule has 2 aromatic carbocycles. The summed E-state index contributed by atoms with van der Waals surface area (Å²) in [5.74, 6) is 0. The Bertz CT molecular complexity index is 766. The topological polar surface area (TPSA) is 89.4 Å². The first-order chi connectivity index (χ1) is 10.3. The molecule has 8 heteroatoms. The van der Waals surface area contributed by atoms with Gasteiger partial charge in [0.05, 0.1) is 4.90 Å². The second-order valence-electron chi connectivity index (χ2n) is 5.61. The summed E-state index contributed by atoms with van der Waals surface area (Å²) < 4.78 is 23.9. The van der Waals surface area contributed by atoms with Crippen LogP contribution in [0.25, 0.3) is 0 Å². The van der Waals surface area contributed by atoms with Gasteiger partial charge in [0, 0.05) is 18.7 Å². The van der Waals surface area contributed by atoms with Crippen LogP contribution in [-0.4, -0.2) is 27.4 Å². The van der Waals surface area contributed by atoms with E-state index in [9.17, 15) is 8.42 Å². The molecular formula is C16H23Cl2N3O2S. The lowest BCUT2D eigenvalue weighted by atomic mass is 10.0. The largest absolute Gasteiger partial charge is 0.398 e. The predicted molar refractivity (Wildman–Crippen MR) is 103 cm³/mol. The van der Waals surface area contributed by atoms with Crippen molar-refractivity contribution >= 4 is 40.5 Å². The minimum Gasteiger partial charge on any atom is -0.398 e. The number of nitrogens with two attached hydrogens (primary N) is 2. The third-order valence-electron chi connectivity index (χ3n) is 3.33. The minimum absolute atomic E-state index is 0. The molecule has 0 fully saturated rings. The molecule has 0 amide bonds. The Kier molecular flexibility index (Phi) is 8.74. The number of benzene rings is 2. The van der Waals surface area contributed by atoms with Crippen molar-refractivity contribution in [2.75, 3.05) is 19.8 Å². The lowest BCUT2D eigenvalue weighted by Crippen LogP contribution is -2.18. The molecule has 24 heavy (non-hydrogen) atoms. The number of rotatable bonds is 5. The number of hydrogen-bond acceptors (Lipinski definition) is 4. The van der Waals surface area contributed by atoms with Crippen molar-refractivity contribution in [3.63, 3.8) is 0 Å². The molecule has 0 bridgehead atoms. The number of nitrogens with zero attached hydrogens (tertiary/aromatic N) is 1. The van der Waals surface area contributed by atoms with Gasteiger partial charge in [-0.05, 0) is 42.9 Å². The maximum atomic E-state index is 11.9. The molecule has 0 aromatic heterocycles. The zero-order valence-electron chi connectivity index (χ0n) is 13.6. The van der Waals surface area contributed by atoms with E-state index in [1.165, 1.54) is 0 Å². The molecule has 0 aliphatic heterocycles. The van der Waals surface area contributed by atoms with Gasteiger partial charge in [-0.25, -0.2) is 13.6 Å². The molecule has 0 heterocycles. The van der Waals surface area contributed by atoms with Crippen molar-refractivity contribution in [2.24, 2.45) is 5.14 Å². The van der Waals surface area contributed by atoms with Crippen LogP contribution in [0.4, 0.5) is 5.69 Å². The van der Waals surface area contributed by atoms with Crippen LogP contribution < -0.4 is 10.9 Å². The molecule has 0 saturated carbocycles. The smallest absolute Gasteiger partial charge is 0.238 e. The summed E-state index contributed by atoms with van der Waals surface area (Å²) in [5, 5.41) is 5.38. The fraction of sp³-hybridized carbons (Fsp3) is 0.250. The maximum absolute atomic E-state index is 11.9. The Morgan fingerprint density at radius 3 is 2.08 bits per heavy atom. The zero-order valence-corrected chi connectivity index (χ0v) is 16.0. The van der Waals surface area contributed by atoms with E-state index in [1.807, 2.05) is 55.4 Å². The third-order valence-corrected chi connectivity index (χ3v) is 4.31. The average Bonchev–Trinajstić information content (AvgIpc) is 2.41. The number of halogens is 2. The summed E-state index contributed by atoms with van der Waals surface area (Å²) in [6.07, 6.45) is 0.431. The van der Waals surface area contributed by atoms with Crippen LogP contribution in [-0.2, 0) is 23.0 Å². The monoisotopic (exact) mass is 391 g/mol. The molecule has 2 aromatic rings. The Labute approximate surface area is 155 Å². The Morgan fingerprint density at radius 2 is 1.58 bits per heavy atom. The van der Waals surface area contributed by atoms with Gasteiger partial charge in [0.1, 0.15) is 0 Å². The lowest BCUT2D eigenvalue weighted by molar-refractivity contribution is 0.402. The molecular weight excluding hydrogens is 369 g/mol. The molecule has 0 unspecified atom stereocenters. The number of sulfonamides is 1. The van der Waals surface area contributed by atoms with E-state index in [0.29, 0.717) is 24.2 Å². The second-order valence-corrected chi connectivity index (χ2v) is 7.14. The van der Waals surface area contributed by atoms with E-state index in [4.69, 9.17) is 10.9 Å². The summed E-state index contributed by atoms with van der Waals surface area (Å²) in [6, 6.07) is 13.0. The third kappa shape index (κ3) is 5.96. The fourth-order valence-corrected chi connectivity index (χ4v) is 3.27. The number of anilines is 1. The van der Waals surface area contributed by atoms with Gasteiger partial charge in [-0.2, -0.15) is 0 Å². The lowest BCUT2D eigenvalue weighted by Gasteiger charge is -2.16. The van der Waals surface area contributed by atoms with E-state index in [2.05, 4.69) is 0 Å². The van der Waals surface area contributed by atoms with E-state index < -0.39 is 10.0 Å². The zero-order chi connectivity index (χ0) is 16.3. The molecule has 134 valence electrons. The van der Waals surface area contributed by atoms with Crippen molar-refractivity contribution in [2.45, 2.75) is 17.9 Å². The highest BCUT2D eigenvalue weighted by molar-refractivity contribution is 7.89. The predicted octanol–water partition coefficient (Wildman–Crippen LogP) is 2.41. The molecule has 0 atom stereocenters. The van der Waals surface area contributed by atoms with Crippen LogP contribution in [0.15, 0.2) is 47.4 Å². The molecule has 4 N–H and O–H groups in total. The van der Waals surface area contributed by atoms with Crippen molar-refractivity contribution in [3.8, 4) is 0 Å². The highest BCUT2D eigenvalue weighted by Crippen LogP contribution is 2.26. The van der Waals surface area contributed by atoms with E-state index in [1.54, 1.807) is 6.07 Å². The summed E-state index contributed by atoms with van der Waals surface area (Å²) in [5.41, 5.74) is 8.92. The van der Waals surface area contributed by atoms with Crippen LogP contribution in [0.5, 0.6) is 0 Å². The van der Waals surface area contributed by atoms with Gasteiger partial charge in [-0.1, -0.05) is 30.3 Å². The molecule has 0 aliphatic carbocycles. The van der Waals surface area contributed by atoms with Crippen molar-refractivity contribution in [1.29, 1.82) is 0 Å². The van der Waals surface area contributed by atoms with Crippen LogP contribution in [0.2, 0.25) is 0 Å². The molecule has 0 saturated heterocycles. The minimum atomic E-state index is -3.83. The molecule has 0 radical (unpaired) electrons. The SMILES string of the molecule is CN(C)Cc1cc(N)c(Cc2ccccc2)c(S(N)(=O)=O)c1.Cl.Cl. The summed E-state index contributed by atoms with van der Waals surface area (Å²) in [7, 11) is -0.0180. The van der Waals surface area contributed by atoms with Crippen LogP contribution in [0, 0.1) is 0 Å². The molecule has 0 spiro atoms. The number of nitrogen functional groups attached to an aromatic ring is 1. The van der Waals surface area contributed by atoms with Gasteiger partial charge in [-0.15, -0.1) is 24.8 Å². The van der Waals surface area contributed by atoms with Gasteiger partial charge in [0.15, 0.2) is 0 Å². The van der Waals surface area contributed by atoms with Gasteiger partial charge < -0.3 is 10.6 Å². The Balaban J connectivity index is 0.00000264.